The van der Waals surface area contributed by atoms with Crippen molar-refractivity contribution in [2.45, 2.75) is 6.42 Å². The van der Waals surface area contributed by atoms with Crippen LogP contribution in [0.4, 0.5) is 0 Å². The number of thiazole rings is 1. The number of nitrogens with zero attached hydrogens (tertiary/aromatic N) is 2. The minimum Gasteiger partial charge on any atom is -0.493 e. The second kappa shape index (κ2) is 5.83. The molecule has 0 aliphatic carbocycles. The lowest BCUT2D eigenvalue weighted by Gasteiger charge is -2.13. The van der Waals surface area contributed by atoms with Gasteiger partial charge in [0.15, 0.2) is 0 Å². The molecular formula is C15H16N2O3S. The highest BCUT2D eigenvalue weighted by Gasteiger charge is 2.17. The third kappa shape index (κ3) is 2.77. The lowest BCUT2D eigenvalue weighted by atomic mass is 10.1. The van der Waals surface area contributed by atoms with Crippen LogP contribution in [0, 0.1) is 0 Å². The van der Waals surface area contributed by atoms with Gasteiger partial charge in [-0.05, 0) is 23.8 Å². The van der Waals surface area contributed by atoms with Crippen LogP contribution in [0.2, 0.25) is 0 Å². The van der Waals surface area contributed by atoms with Crippen LogP contribution in [0.5, 0.6) is 5.75 Å². The van der Waals surface area contributed by atoms with Crippen molar-refractivity contribution >= 4 is 17.2 Å². The number of amides is 1. The fourth-order valence-electron chi connectivity index (χ4n) is 2.27. The van der Waals surface area contributed by atoms with Gasteiger partial charge in [0.25, 0.3) is 5.91 Å². The molecule has 0 unspecified atom stereocenters. The SMILES string of the molecule is CN(CCO)C(=O)c1cnc(-c2ccc3c(c2)CCO3)s1. The van der Waals surface area contributed by atoms with E-state index in [1.54, 1.807) is 13.2 Å². The molecule has 1 aromatic heterocycles. The molecule has 1 aliphatic rings. The number of aliphatic hydroxyl groups excluding tert-OH is 1. The van der Waals surface area contributed by atoms with Crippen molar-refractivity contribution in [1.29, 1.82) is 0 Å². The first-order chi connectivity index (χ1) is 10.2. The van der Waals surface area contributed by atoms with Gasteiger partial charge in [-0.3, -0.25) is 4.79 Å². The van der Waals surface area contributed by atoms with Crippen LogP contribution >= 0.6 is 11.3 Å². The van der Waals surface area contributed by atoms with Crippen LogP contribution in [0.15, 0.2) is 24.4 Å². The Morgan fingerprint density at radius 3 is 3.19 bits per heavy atom. The largest absolute Gasteiger partial charge is 0.493 e. The molecule has 1 amide bonds. The zero-order valence-electron chi connectivity index (χ0n) is 11.7. The highest BCUT2D eigenvalue weighted by Crippen LogP contribution is 2.32. The Balaban J connectivity index is 1.83. The van der Waals surface area contributed by atoms with E-state index in [9.17, 15) is 4.79 Å². The van der Waals surface area contributed by atoms with Crippen molar-refractivity contribution in [2.24, 2.45) is 0 Å². The van der Waals surface area contributed by atoms with Crippen molar-refractivity contribution in [1.82, 2.24) is 9.88 Å². The quantitative estimate of drug-likeness (QED) is 0.936. The highest BCUT2D eigenvalue weighted by molar-refractivity contribution is 7.16. The summed E-state index contributed by atoms with van der Waals surface area (Å²) in [7, 11) is 1.67. The molecule has 0 saturated heterocycles. The molecule has 6 heteroatoms. The Hall–Kier alpha value is -1.92. The monoisotopic (exact) mass is 304 g/mol. The van der Waals surface area contributed by atoms with Gasteiger partial charge in [-0.1, -0.05) is 0 Å². The first-order valence-electron chi connectivity index (χ1n) is 6.77. The maximum Gasteiger partial charge on any atom is 0.265 e. The molecule has 3 rings (SSSR count). The Labute approximate surface area is 126 Å². The Morgan fingerprint density at radius 1 is 1.52 bits per heavy atom. The summed E-state index contributed by atoms with van der Waals surface area (Å²) in [5.74, 6) is 0.826. The maximum atomic E-state index is 12.1. The predicted octanol–water partition coefficient (Wildman–Crippen LogP) is 1.81. The molecule has 1 aliphatic heterocycles. The van der Waals surface area contributed by atoms with E-state index in [0.717, 1.165) is 29.3 Å². The van der Waals surface area contributed by atoms with Gasteiger partial charge < -0.3 is 14.7 Å². The third-order valence-electron chi connectivity index (χ3n) is 3.43. The second-order valence-electron chi connectivity index (χ2n) is 4.90. The topological polar surface area (TPSA) is 62.7 Å². The summed E-state index contributed by atoms with van der Waals surface area (Å²) in [4.78, 5) is 18.5. The molecule has 0 radical (unpaired) electrons. The van der Waals surface area contributed by atoms with Gasteiger partial charge in [0.1, 0.15) is 15.6 Å². The third-order valence-corrected chi connectivity index (χ3v) is 4.47. The van der Waals surface area contributed by atoms with Crippen molar-refractivity contribution in [3.05, 3.63) is 34.8 Å². The van der Waals surface area contributed by atoms with Gasteiger partial charge >= 0.3 is 0 Å². The zero-order chi connectivity index (χ0) is 14.8. The van der Waals surface area contributed by atoms with Gasteiger partial charge in [-0.25, -0.2) is 4.98 Å². The molecule has 0 spiro atoms. The van der Waals surface area contributed by atoms with E-state index in [0.29, 0.717) is 11.4 Å². The molecule has 110 valence electrons. The first-order valence-corrected chi connectivity index (χ1v) is 7.59. The summed E-state index contributed by atoms with van der Waals surface area (Å²) >= 11 is 1.37. The summed E-state index contributed by atoms with van der Waals surface area (Å²) in [6, 6.07) is 6.00. The standard InChI is InChI=1S/C15H16N2O3S/c1-17(5-6-18)15(19)13-9-16-14(21-13)11-2-3-12-10(8-11)4-7-20-12/h2-3,8-9,18H,4-7H2,1H3. The summed E-state index contributed by atoms with van der Waals surface area (Å²) in [6.45, 7) is 1.01. The van der Waals surface area contributed by atoms with E-state index in [4.69, 9.17) is 9.84 Å². The van der Waals surface area contributed by atoms with E-state index in [2.05, 4.69) is 11.1 Å². The van der Waals surface area contributed by atoms with E-state index < -0.39 is 0 Å². The first kappa shape index (κ1) is 14.0. The number of aliphatic hydroxyl groups is 1. The van der Waals surface area contributed by atoms with E-state index in [1.165, 1.54) is 21.8 Å². The van der Waals surface area contributed by atoms with Gasteiger partial charge in [-0.15, -0.1) is 11.3 Å². The smallest absolute Gasteiger partial charge is 0.265 e. The van der Waals surface area contributed by atoms with E-state index in [-0.39, 0.29) is 12.5 Å². The minimum absolute atomic E-state index is 0.0429. The average Bonchev–Trinajstić information content (AvgIpc) is 3.14. The number of aromatic nitrogens is 1. The van der Waals surface area contributed by atoms with Crippen LogP contribution in [0.25, 0.3) is 10.6 Å². The van der Waals surface area contributed by atoms with Crippen LogP contribution in [0.1, 0.15) is 15.2 Å². The van der Waals surface area contributed by atoms with Crippen LogP contribution in [-0.2, 0) is 6.42 Å². The molecule has 2 heterocycles. The zero-order valence-corrected chi connectivity index (χ0v) is 12.5. The van der Waals surface area contributed by atoms with Crippen molar-refractivity contribution < 1.29 is 14.6 Å². The molecule has 0 fully saturated rings. The normalized spacial score (nSPS) is 12.9. The van der Waals surface area contributed by atoms with Gasteiger partial charge in [0.2, 0.25) is 0 Å². The number of rotatable bonds is 4. The number of fused-ring (bicyclic) bond motifs is 1. The second-order valence-corrected chi connectivity index (χ2v) is 5.93. The number of benzene rings is 1. The average molecular weight is 304 g/mol. The highest BCUT2D eigenvalue weighted by atomic mass is 32.1. The number of ether oxygens (including phenoxy) is 1. The summed E-state index contributed by atoms with van der Waals surface area (Å²) < 4.78 is 5.49. The molecular weight excluding hydrogens is 288 g/mol. The predicted molar refractivity (Wildman–Crippen MR) is 80.8 cm³/mol. The maximum absolute atomic E-state index is 12.1. The van der Waals surface area contributed by atoms with Gasteiger partial charge in [-0.2, -0.15) is 0 Å². The lowest BCUT2D eigenvalue weighted by molar-refractivity contribution is 0.0771. The number of hydrogen-bond donors (Lipinski definition) is 1. The van der Waals surface area contributed by atoms with Gasteiger partial charge in [0.05, 0.1) is 19.4 Å². The number of carbonyl (C=O) groups excluding carboxylic acids is 1. The lowest BCUT2D eigenvalue weighted by Crippen LogP contribution is -2.28. The Bertz CT molecular complexity index is 669. The molecule has 5 nitrogen and oxygen atoms in total. The van der Waals surface area contributed by atoms with Crippen LogP contribution in [0.3, 0.4) is 0 Å². The fraction of sp³-hybridized carbons (Fsp3) is 0.333. The van der Waals surface area contributed by atoms with Crippen molar-refractivity contribution in [3.63, 3.8) is 0 Å². The molecule has 1 N–H and O–H groups in total. The van der Waals surface area contributed by atoms with Crippen molar-refractivity contribution in [2.75, 3.05) is 26.8 Å². The minimum atomic E-state index is -0.114. The van der Waals surface area contributed by atoms with Gasteiger partial charge in [0, 0.05) is 25.6 Å². The Kier molecular flexibility index (Phi) is 3.90. The van der Waals surface area contributed by atoms with Crippen LogP contribution in [-0.4, -0.2) is 47.7 Å². The summed E-state index contributed by atoms with van der Waals surface area (Å²) in [6.07, 6.45) is 2.51. The fourth-order valence-corrected chi connectivity index (χ4v) is 3.17. The molecule has 1 aromatic carbocycles. The molecule has 0 saturated carbocycles. The molecule has 21 heavy (non-hydrogen) atoms. The molecule has 0 atom stereocenters. The van der Waals surface area contributed by atoms with E-state index in [1.807, 2.05) is 12.1 Å². The molecule has 2 aromatic rings. The Morgan fingerprint density at radius 2 is 2.38 bits per heavy atom. The summed E-state index contributed by atoms with van der Waals surface area (Å²) in [5.41, 5.74) is 2.20. The van der Waals surface area contributed by atoms with Crippen molar-refractivity contribution in [3.8, 4) is 16.3 Å². The number of hydrogen-bond acceptors (Lipinski definition) is 5. The number of likely N-dealkylation sites (N-methyl/N-ethyl adjacent to an activating group) is 1. The number of carbonyl (C=O) groups is 1. The molecule has 0 bridgehead atoms. The summed E-state index contributed by atoms with van der Waals surface area (Å²) in [5, 5.41) is 9.71. The van der Waals surface area contributed by atoms with Crippen LogP contribution < -0.4 is 4.74 Å². The van der Waals surface area contributed by atoms with E-state index >= 15 is 0 Å².